The molecular weight excluding hydrogens is 313 g/mol. The zero-order valence-corrected chi connectivity index (χ0v) is 14.5. The molecule has 0 fully saturated rings. The van der Waals surface area contributed by atoms with Gasteiger partial charge in [-0.1, -0.05) is 26.7 Å². The van der Waals surface area contributed by atoms with E-state index < -0.39 is 5.60 Å². The van der Waals surface area contributed by atoms with E-state index in [1.165, 1.54) is 0 Å². The Balaban J connectivity index is 0. The first-order valence-electron chi connectivity index (χ1n) is 5.73. The first kappa shape index (κ1) is 18.2. The summed E-state index contributed by atoms with van der Waals surface area (Å²) in [6.07, 6.45) is 3.65. The first-order chi connectivity index (χ1) is 6.46. The van der Waals surface area contributed by atoms with Crippen LogP contribution in [-0.2, 0) is 0 Å². The average Bonchev–Trinajstić information content (AvgIpc) is 2.03. The Hall–Kier alpha value is 0.825. The smallest absolute Gasteiger partial charge is 0.102 e. The van der Waals surface area contributed by atoms with Gasteiger partial charge in [-0.05, 0) is 33.6 Å². The summed E-state index contributed by atoms with van der Waals surface area (Å²) in [4.78, 5) is 4.45. The molecule has 1 N–H and O–H groups in total. The minimum atomic E-state index is -0.659. The second kappa shape index (κ2) is 8.92. The van der Waals surface area contributed by atoms with Gasteiger partial charge in [-0.25, -0.2) is 0 Å². The van der Waals surface area contributed by atoms with Gasteiger partial charge in [0, 0.05) is 47.4 Å². The van der Waals surface area contributed by atoms with Gasteiger partial charge >= 0.3 is 0 Å². The topological polar surface area (TPSA) is 32.6 Å². The molecule has 0 unspecified atom stereocenters. The van der Waals surface area contributed by atoms with Crippen LogP contribution >= 0.6 is 0 Å². The Bertz CT molecular complexity index is 184. The molecule has 0 aromatic heterocycles. The molecule has 0 saturated carbocycles. The molecule has 0 aromatic carbocycles. The zero-order chi connectivity index (χ0) is 11.2. The van der Waals surface area contributed by atoms with Crippen LogP contribution in [0.25, 0.3) is 0 Å². The first-order valence-corrected chi connectivity index (χ1v) is 5.73. The predicted octanol–water partition coefficient (Wildman–Crippen LogP) is 3.19. The maximum absolute atomic E-state index is 10.4. The second-order valence-corrected chi connectivity index (χ2v) is 4.34. The summed E-state index contributed by atoms with van der Waals surface area (Å²) in [7, 11) is 0. The fraction of sp³-hybridized carbons (Fsp3) is 0.917. The van der Waals surface area contributed by atoms with Crippen molar-refractivity contribution in [2.75, 3.05) is 0 Å². The minimum Gasteiger partial charge on any atom is -0.384 e. The van der Waals surface area contributed by atoms with Crippen LogP contribution in [0.5, 0.6) is 0 Å². The Morgan fingerprint density at radius 2 is 1.60 bits per heavy atom. The normalized spacial score (nSPS) is 12.9. The van der Waals surface area contributed by atoms with E-state index in [2.05, 4.69) is 18.8 Å². The monoisotopic (exact) mass is 338 g/mol. The van der Waals surface area contributed by atoms with Gasteiger partial charge in [-0.15, -0.1) is 0 Å². The maximum Gasteiger partial charge on any atom is 0.102 e. The predicted molar refractivity (Wildman–Crippen MR) is 63.0 cm³/mol. The molecule has 87 valence electrons. The summed E-state index contributed by atoms with van der Waals surface area (Å²) in [6.45, 7) is 10.2. The van der Waals surface area contributed by atoms with Gasteiger partial charge in [0.05, 0.1) is 0 Å². The van der Waals surface area contributed by atoms with Crippen molar-refractivity contribution in [2.24, 2.45) is 4.99 Å². The van der Waals surface area contributed by atoms with E-state index in [1.807, 2.05) is 20.8 Å². The summed E-state index contributed by atoms with van der Waals surface area (Å²) in [6, 6.07) is 0.273. The van der Waals surface area contributed by atoms with E-state index in [9.17, 15) is 5.11 Å². The molecule has 0 aliphatic heterocycles. The average molecular weight is 338 g/mol. The number of nitrogens with zero attached hydrogens (tertiary/aromatic N) is 1. The van der Waals surface area contributed by atoms with Gasteiger partial charge in [0.2, 0.25) is 0 Å². The fourth-order valence-corrected chi connectivity index (χ4v) is 1.82. The molecular formula is C12H25LaNO. The SMILES string of the molecule is CCCC(O)(CCC)C(C)=NC(C)C.[La]. The summed E-state index contributed by atoms with van der Waals surface area (Å²) in [5.74, 6) is 0. The van der Waals surface area contributed by atoms with Crippen molar-refractivity contribution in [1.29, 1.82) is 0 Å². The Morgan fingerprint density at radius 1 is 1.20 bits per heavy atom. The number of rotatable bonds is 6. The summed E-state index contributed by atoms with van der Waals surface area (Å²) >= 11 is 0. The van der Waals surface area contributed by atoms with E-state index in [4.69, 9.17) is 0 Å². The van der Waals surface area contributed by atoms with Gasteiger partial charge in [0.1, 0.15) is 5.60 Å². The van der Waals surface area contributed by atoms with Gasteiger partial charge in [0.25, 0.3) is 0 Å². The number of aliphatic imine (C=N–C) groups is 1. The number of hydrogen-bond donors (Lipinski definition) is 1. The van der Waals surface area contributed by atoms with Crippen molar-refractivity contribution in [1.82, 2.24) is 0 Å². The van der Waals surface area contributed by atoms with Gasteiger partial charge < -0.3 is 5.11 Å². The third-order valence-electron chi connectivity index (χ3n) is 2.45. The van der Waals surface area contributed by atoms with Crippen molar-refractivity contribution in [3.63, 3.8) is 0 Å². The molecule has 0 heterocycles. The molecule has 2 nitrogen and oxygen atoms in total. The van der Waals surface area contributed by atoms with E-state index in [0.29, 0.717) is 0 Å². The van der Waals surface area contributed by atoms with Crippen LogP contribution in [0.1, 0.15) is 60.3 Å². The van der Waals surface area contributed by atoms with Crippen molar-refractivity contribution >= 4 is 5.71 Å². The van der Waals surface area contributed by atoms with Crippen molar-refractivity contribution in [2.45, 2.75) is 71.9 Å². The van der Waals surface area contributed by atoms with Crippen molar-refractivity contribution in [3.8, 4) is 0 Å². The Morgan fingerprint density at radius 3 is 1.87 bits per heavy atom. The molecule has 0 atom stereocenters. The molecule has 0 aromatic rings. The van der Waals surface area contributed by atoms with E-state index in [0.717, 1.165) is 31.4 Å². The van der Waals surface area contributed by atoms with Crippen LogP contribution in [0.4, 0.5) is 0 Å². The summed E-state index contributed by atoms with van der Waals surface area (Å²) < 4.78 is 0. The molecule has 0 aliphatic carbocycles. The summed E-state index contributed by atoms with van der Waals surface area (Å²) in [5, 5.41) is 10.4. The third-order valence-corrected chi connectivity index (χ3v) is 2.45. The minimum absolute atomic E-state index is 0. The van der Waals surface area contributed by atoms with Crippen LogP contribution in [-0.4, -0.2) is 22.5 Å². The van der Waals surface area contributed by atoms with Gasteiger partial charge in [-0.3, -0.25) is 4.99 Å². The quantitative estimate of drug-likeness (QED) is 0.742. The van der Waals surface area contributed by atoms with E-state index >= 15 is 0 Å². The molecule has 0 amide bonds. The molecule has 0 saturated heterocycles. The van der Waals surface area contributed by atoms with E-state index in [1.54, 1.807) is 0 Å². The van der Waals surface area contributed by atoms with Crippen molar-refractivity contribution < 1.29 is 40.7 Å². The van der Waals surface area contributed by atoms with Crippen LogP contribution in [0.2, 0.25) is 0 Å². The van der Waals surface area contributed by atoms with Crippen LogP contribution in [0.15, 0.2) is 4.99 Å². The molecule has 0 bridgehead atoms. The summed E-state index contributed by atoms with van der Waals surface area (Å²) in [5.41, 5.74) is 0.240. The van der Waals surface area contributed by atoms with Crippen LogP contribution in [0.3, 0.4) is 0 Å². The fourth-order valence-electron chi connectivity index (χ4n) is 1.82. The molecule has 0 spiro atoms. The molecule has 15 heavy (non-hydrogen) atoms. The number of aliphatic hydroxyl groups is 1. The zero-order valence-electron chi connectivity index (χ0n) is 10.9. The molecule has 0 rings (SSSR count). The number of hydrogen-bond acceptors (Lipinski definition) is 2. The van der Waals surface area contributed by atoms with Gasteiger partial charge in [-0.2, -0.15) is 0 Å². The third kappa shape index (κ3) is 6.88. The molecule has 1 radical (unpaired) electrons. The molecule has 0 aliphatic rings. The van der Waals surface area contributed by atoms with Crippen LogP contribution in [0, 0.1) is 35.6 Å². The van der Waals surface area contributed by atoms with E-state index in [-0.39, 0.29) is 41.6 Å². The van der Waals surface area contributed by atoms with Crippen molar-refractivity contribution in [3.05, 3.63) is 0 Å². The Kier molecular flexibility index (Phi) is 10.8. The standard InChI is InChI=1S/C12H25NO.La/c1-6-8-12(14,9-7-2)11(5)13-10(3)4;/h10,14H,6-9H2,1-5H3;. The largest absolute Gasteiger partial charge is 0.384 e. The van der Waals surface area contributed by atoms with Gasteiger partial charge in [0.15, 0.2) is 0 Å². The molecule has 3 heteroatoms. The Labute approximate surface area is 123 Å². The maximum atomic E-state index is 10.4. The van der Waals surface area contributed by atoms with Crippen LogP contribution < -0.4 is 0 Å². The second-order valence-electron chi connectivity index (χ2n) is 4.34.